The molecule has 0 aromatic rings. The summed E-state index contributed by atoms with van der Waals surface area (Å²) < 4.78 is 32.8. The lowest BCUT2D eigenvalue weighted by Crippen LogP contribution is -2.84. The van der Waals surface area contributed by atoms with Gasteiger partial charge in [0.15, 0.2) is 0 Å². The predicted molar refractivity (Wildman–Crippen MR) is 183 cm³/mol. The summed E-state index contributed by atoms with van der Waals surface area (Å²) in [6.07, 6.45) is 47.0. The molecule has 0 rings (SSSR count). The Kier molecular flexibility index (Phi) is 40.7. The van der Waals surface area contributed by atoms with E-state index in [1.807, 2.05) is 0 Å². The Balaban J connectivity index is 0. The highest BCUT2D eigenvalue weighted by molar-refractivity contribution is 7.79. The second-order valence-corrected chi connectivity index (χ2v) is 13.8. The third kappa shape index (κ3) is 52.5. The molecule has 42 heavy (non-hydrogen) atoms. The summed E-state index contributed by atoms with van der Waals surface area (Å²) in [7, 11) is -4.92. The summed E-state index contributed by atoms with van der Waals surface area (Å²) in [6.45, 7) is 7.36. The molecule has 0 aromatic carbocycles. The summed E-state index contributed by atoms with van der Waals surface area (Å²) in [5.41, 5.74) is 0. The average Bonchev–Trinajstić information content (AvgIpc) is 2.94. The maximum absolute atomic E-state index is 8.63. The molecule has 0 aliphatic rings. The van der Waals surface area contributed by atoms with Gasteiger partial charge in [0.1, 0.15) is 0 Å². The molecule has 0 amide bonds. The van der Waals surface area contributed by atoms with E-state index in [9.17, 15) is 0 Å². The Hall–Kier alpha value is -0.170. The first-order valence-corrected chi connectivity index (χ1v) is 20.3. The Morgan fingerprint density at radius 1 is 0.381 bits per heavy atom. The molecule has 0 aliphatic heterocycles. The van der Waals surface area contributed by atoms with Gasteiger partial charge in [-0.1, -0.05) is 194 Å². The first kappa shape index (κ1) is 44.0. The zero-order chi connectivity index (χ0) is 31.2. The molecule has 256 valence electrons. The van der Waals surface area contributed by atoms with E-state index >= 15 is 0 Å². The quantitative estimate of drug-likeness (QED) is 0.0425. The van der Waals surface area contributed by atoms with Crippen LogP contribution in [0.2, 0.25) is 0 Å². The minimum absolute atomic E-state index is 1.37. The Bertz CT molecular complexity index is 529. The van der Waals surface area contributed by atoms with Crippen molar-refractivity contribution in [3.05, 3.63) is 0 Å². The van der Waals surface area contributed by atoms with Gasteiger partial charge in [-0.25, -0.2) is 8.42 Å². The van der Waals surface area contributed by atoms with E-state index in [4.69, 9.17) is 17.5 Å². The molecule has 5 nitrogen and oxygen atoms in total. The third-order valence-electron chi connectivity index (χ3n) is 8.52. The molecule has 0 saturated heterocycles. The van der Waals surface area contributed by atoms with Crippen molar-refractivity contribution in [2.45, 2.75) is 219 Å². The molecule has 0 bridgehead atoms. The van der Waals surface area contributed by atoms with Crippen LogP contribution in [0.15, 0.2) is 0 Å². The molecular formula is C36H77NO4S. The van der Waals surface area contributed by atoms with Crippen LogP contribution in [0.1, 0.15) is 219 Å². The molecule has 6 heteroatoms. The van der Waals surface area contributed by atoms with E-state index in [1.54, 1.807) is 0 Å². The predicted octanol–water partition coefficient (Wildman–Crippen LogP) is 11.1. The molecule has 3 N–H and O–H groups in total. The molecule has 0 heterocycles. The molecule has 0 spiro atoms. The van der Waals surface area contributed by atoms with Crippen LogP contribution in [0.3, 0.4) is 0 Å². The molecule has 0 aromatic heterocycles. The summed E-state index contributed by atoms with van der Waals surface area (Å²) in [5, 5.41) is 2.59. The molecule has 0 atom stereocenters. The maximum Gasteiger partial charge on any atom is 0.215 e. The highest BCUT2D eigenvalue weighted by Gasteiger charge is 1.97. The second-order valence-electron chi connectivity index (χ2n) is 12.9. The van der Waals surface area contributed by atoms with Gasteiger partial charge in [0.05, 0.1) is 13.1 Å². The van der Waals surface area contributed by atoms with Crippen LogP contribution in [0.25, 0.3) is 0 Å². The molecule has 0 aliphatic carbocycles. The lowest BCUT2D eigenvalue weighted by atomic mass is 10.0. The normalized spacial score (nSPS) is 11.5. The van der Waals surface area contributed by atoms with E-state index < -0.39 is 10.4 Å². The lowest BCUT2D eigenvalue weighted by Gasteiger charge is -2.04. The Labute approximate surface area is 265 Å². The van der Waals surface area contributed by atoms with Gasteiger partial charge < -0.3 is 9.87 Å². The van der Waals surface area contributed by atoms with Crippen molar-refractivity contribution in [1.82, 2.24) is 0 Å². The fourth-order valence-electron chi connectivity index (χ4n) is 5.82. The van der Waals surface area contributed by atoms with Gasteiger partial charge in [-0.3, -0.25) is 4.55 Å². The van der Waals surface area contributed by atoms with Gasteiger partial charge in [-0.2, -0.15) is 0 Å². The summed E-state index contributed by atoms with van der Waals surface area (Å²) in [5.74, 6) is 0. The van der Waals surface area contributed by atoms with Gasteiger partial charge in [-0.15, -0.1) is 0 Å². The van der Waals surface area contributed by atoms with Crippen LogP contribution in [-0.4, -0.2) is 30.6 Å². The standard InChI is InChI=1S/C36H75N.H2O4S/c1-3-5-7-9-11-13-15-17-19-21-23-25-27-29-31-33-35-37-36-34-32-30-28-26-24-22-20-18-16-14-12-10-8-6-4-2;1-5(2,3)4/h37H,3-36H2,1-2H3;(H2,1,2,3,4). The monoisotopic (exact) mass is 620 g/mol. The van der Waals surface area contributed by atoms with E-state index in [0.717, 1.165) is 0 Å². The Morgan fingerprint density at radius 3 is 0.690 bits per heavy atom. The van der Waals surface area contributed by atoms with Crippen molar-refractivity contribution in [2.75, 3.05) is 13.1 Å². The number of unbranched alkanes of at least 4 members (excludes halogenated alkanes) is 30. The van der Waals surface area contributed by atoms with E-state index in [2.05, 4.69) is 19.2 Å². The summed E-state index contributed by atoms with van der Waals surface area (Å²) >= 11 is 0. The van der Waals surface area contributed by atoms with Crippen molar-refractivity contribution in [3.8, 4) is 0 Å². The van der Waals surface area contributed by atoms with E-state index in [-0.39, 0.29) is 0 Å². The van der Waals surface area contributed by atoms with Crippen LogP contribution in [0.5, 0.6) is 0 Å². The number of quaternary nitrogens is 1. The molecule has 0 fully saturated rings. The van der Waals surface area contributed by atoms with Gasteiger partial charge in [0, 0.05) is 0 Å². The van der Waals surface area contributed by atoms with E-state index in [1.165, 1.54) is 219 Å². The fraction of sp³-hybridized carbons (Fsp3) is 1.00. The molecule has 0 radical (unpaired) electrons. The topological polar surface area (TPSA) is 94.0 Å². The first-order chi connectivity index (χ1) is 20.4. The molecular weight excluding hydrogens is 542 g/mol. The number of hydrogen-bond acceptors (Lipinski definition) is 3. The van der Waals surface area contributed by atoms with Gasteiger partial charge in [0.2, 0.25) is 10.4 Å². The SMILES string of the molecule is CCCCCCCCCCCCCCCCCC[NH2+]CCCCCCCCCCCCCCCCCC.O=S(=O)([O-])O. The van der Waals surface area contributed by atoms with Crippen LogP contribution in [-0.2, 0) is 10.4 Å². The van der Waals surface area contributed by atoms with Crippen LogP contribution in [0.4, 0.5) is 0 Å². The average molecular weight is 620 g/mol. The number of nitrogens with two attached hydrogens (primary N) is 1. The zero-order valence-electron chi connectivity index (χ0n) is 28.7. The highest BCUT2D eigenvalue weighted by Crippen LogP contribution is 2.15. The van der Waals surface area contributed by atoms with Crippen molar-refractivity contribution >= 4 is 10.4 Å². The van der Waals surface area contributed by atoms with Gasteiger partial charge in [0.25, 0.3) is 0 Å². The summed E-state index contributed by atoms with van der Waals surface area (Å²) in [4.78, 5) is 0. The Morgan fingerprint density at radius 2 is 0.524 bits per heavy atom. The summed E-state index contributed by atoms with van der Waals surface area (Å²) in [6, 6.07) is 0. The lowest BCUT2D eigenvalue weighted by molar-refractivity contribution is -0.655. The number of hydrogen-bond donors (Lipinski definition) is 2. The minimum Gasteiger partial charge on any atom is -0.726 e. The second kappa shape index (κ2) is 38.9. The zero-order valence-corrected chi connectivity index (χ0v) is 29.5. The van der Waals surface area contributed by atoms with Crippen LogP contribution in [0, 0.1) is 0 Å². The minimum atomic E-state index is -4.92. The van der Waals surface area contributed by atoms with Crippen LogP contribution < -0.4 is 5.32 Å². The van der Waals surface area contributed by atoms with Crippen molar-refractivity contribution in [3.63, 3.8) is 0 Å². The first-order valence-electron chi connectivity index (χ1n) is 18.9. The van der Waals surface area contributed by atoms with E-state index in [0.29, 0.717) is 0 Å². The highest BCUT2D eigenvalue weighted by atomic mass is 32.3. The third-order valence-corrected chi connectivity index (χ3v) is 8.52. The fourth-order valence-corrected chi connectivity index (χ4v) is 5.82. The molecule has 0 saturated carbocycles. The van der Waals surface area contributed by atoms with Crippen molar-refractivity contribution in [2.24, 2.45) is 0 Å². The van der Waals surface area contributed by atoms with Crippen LogP contribution >= 0.6 is 0 Å². The number of rotatable bonds is 34. The van der Waals surface area contributed by atoms with Gasteiger partial charge >= 0.3 is 0 Å². The van der Waals surface area contributed by atoms with Crippen molar-refractivity contribution in [1.29, 1.82) is 0 Å². The van der Waals surface area contributed by atoms with Crippen molar-refractivity contribution < 1.29 is 22.8 Å². The van der Waals surface area contributed by atoms with Gasteiger partial charge in [-0.05, 0) is 25.7 Å². The largest absolute Gasteiger partial charge is 0.726 e. The maximum atomic E-state index is 8.63. The smallest absolute Gasteiger partial charge is 0.215 e. The molecule has 0 unspecified atom stereocenters.